The zero-order valence-corrected chi connectivity index (χ0v) is 13.5. The summed E-state index contributed by atoms with van der Waals surface area (Å²) in [6.07, 6.45) is 2.75. The summed E-state index contributed by atoms with van der Waals surface area (Å²) < 4.78 is 5.95. The molecule has 2 rings (SSSR count). The Morgan fingerprint density at radius 1 is 1.43 bits per heavy atom. The molecule has 0 heterocycles. The molecular formula is C18H26O3. The van der Waals surface area contributed by atoms with Gasteiger partial charge in [-0.1, -0.05) is 31.5 Å². The van der Waals surface area contributed by atoms with Crippen molar-refractivity contribution in [3.05, 3.63) is 28.8 Å². The molecular weight excluding hydrogens is 264 g/mol. The summed E-state index contributed by atoms with van der Waals surface area (Å²) in [6.45, 7) is 9.21. The number of carboxylic acids is 1. The summed E-state index contributed by atoms with van der Waals surface area (Å²) in [5, 5.41) is 9.04. The number of rotatable bonds is 7. The maximum absolute atomic E-state index is 11.0. The molecule has 0 spiro atoms. The summed E-state index contributed by atoms with van der Waals surface area (Å²) in [7, 11) is 0. The normalized spacial score (nSPS) is 21.9. The Bertz CT molecular complexity index is 521. The van der Waals surface area contributed by atoms with Gasteiger partial charge in [-0.15, -0.1) is 0 Å². The van der Waals surface area contributed by atoms with Crippen molar-refractivity contribution < 1.29 is 14.6 Å². The third-order valence-corrected chi connectivity index (χ3v) is 4.33. The predicted octanol–water partition coefficient (Wildman–Crippen LogP) is 4.31. The molecule has 0 amide bonds. The molecule has 0 saturated heterocycles. The van der Waals surface area contributed by atoms with Gasteiger partial charge in [0.1, 0.15) is 5.75 Å². The van der Waals surface area contributed by atoms with Gasteiger partial charge in [-0.05, 0) is 56.1 Å². The molecule has 0 bridgehead atoms. The van der Waals surface area contributed by atoms with Crippen LogP contribution < -0.4 is 4.74 Å². The van der Waals surface area contributed by atoms with E-state index in [0.29, 0.717) is 11.8 Å². The first-order chi connectivity index (χ1) is 9.93. The van der Waals surface area contributed by atoms with Crippen molar-refractivity contribution in [2.75, 3.05) is 6.61 Å². The predicted molar refractivity (Wildman–Crippen MR) is 84.0 cm³/mol. The summed E-state index contributed by atoms with van der Waals surface area (Å²) in [6, 6.07) is 4.35. The zero-order valence-electron chi connectivity index (χ0n) is 13.5. The second kappa shape index (κ2) is 6.50. The van der Waals surface area contributed by atoms with Gasteiger partial charge < -0.3 is 9.84 Å². The fourth-order valence-corrected chi connectivity index (χ4v) is 3.15. The molecule has 3 heteroatoms. The Labute approximate surface area is 127 Å². The van der Waals surface area contributed by atoms with E-state index in [1.54, 1.807) is 0 Å². The van der Waals surface area contributed by atoms with E-state index < -0.39 is 5.97 Å². The average molecular weight is 290 g/mol. The molecule has 1 aliphatic rings. The first-order valence-electron chi connectivity index (χ1n) is 7.90. The molecule has 21 heavy (non-hydrogen) atoms. The van der Waals surface area contributed by atoms with Crippen LogP contribution >= 0.6 is 0 Å². The number of hydrogen-bond donors (Lipinski definition) is 1. The molecule has 0 radical (unpaired) electrons. The minimum Gasteiger partial charge on any atom is -0.493 e. The fraction of sp³-hybridized carbons (Fsp3) is 0.611. The Balaban J connectivity index is 2.15. The van der Waals surface area contributed by atoms with Crippen molar-refractivity contribution in [1.82, 2.24) is 0 Å². The van der Waals surface area contributed by atoms with Crippen LogP contribution in [0.25, 0.3) is 0 Å². The van der Waals surface area contributed by atoms with Crippen LogP contribution in [0.15, 0.2) is 12.1 Å². The summed E-state index contributed by atoms with van der Waals surface area (Å²) in [5.74, 6) is 0.901. The van der Waals surface area contributed by atoms with E-state index in [-0.39, 0.29) is 5.92 Å². The second-order valence-electron chi connectivity index (χ2n) is 6.43. The number of aliphatic carboxylic acids is 1. The Hall–Kier alpha value is -1.51. The quantitative estimate of drug-likeness (QED) is 0.814. The first kappa shape index (κ1) is 15.9. The molecule has 3 unspecified atom stereocenters. The number of carboxylic acid groups (broad SMARTS) is 1. The average Bonchev–Trinajstić information content (AvgIpc) is 3.16. The minimum atomic E-state index is -0.643. The van der Waals surface area contributed by atoms with Crippen molar-refractivity contribution in [3.63, 3.8) is 0 Å². The number of benzene rings is 1. The molecule has 1 fully saturated rings. The summed E-state index contributed by atoms with van der Waals surface area (Å²) >= 11 is 0. The van der Waals surface area contributed by atoms with Crippen LogP contribution in [0.5, 0.6) is 5.75 Å². The highest BCUT2D eigenvalue weighted by molar-refractivity contribution is 5.73. The molecule has 1 aromatic carbocycles. The lowest BCUT2D eigenvalue weighted by atomic mass is 9.91. The van der Waals surface area contributed by atoms with Crippen molar-refractivity contribution in [3.8, 4) is 5.75 Å². The maximum atomic E-state index is 11.0. The molecule has 0 aliphatic heterocycles. The van der Waals surface area contributed by atoms with Crippen molar-refractivity contribution >= 4 is 5.97 Å². The van der Waals surface area contributed by atoms with Crippen LogP contribution in [0.2, 0.25) is 0 Å². The molecule has 1 aromatic rings. The van der Waals surface area contributed by atoms with Gasteiger partial charge >= 0.3 is 5.97 Å². The standard InChI is InChI=1S/C18H26O3/c1-5-6-21-17-13(4)7-11(2)8-15(17)12(3)9-14-10-16(14)18(19)20/h7-8,12,14,16H,5-6,9-10H2,1-4H3,(H,19,20). The number of ether oxygens (including phenoxy) is 1. The highest BCUT2D eigenvalue weighted by atomic mass is 16.5. The topological polar surface area (TPSA) is 46.5 Å². The van der Waals surface area contributed by atoms with Crippen molar-refractivity contribution in [1.29, 1.82) is 0 Å². The molecule has 3 nitrogen and oxygen atoms in total. The molecule has 1 aliphatic carbocycles. The maximum Gasteiger partial charge on any atom is 0.306 e. The molecule has 3 atom stereocenters. The van der Waals surface area contributed by atoms with Crippen molar-refractivity contribution in [2.24, 2.45) is 11.8 Å². The highest BCUT2D eigenvalue weighted by Gasteiger charge is 2.43. The van der Waals surface area contributed by atoms with E-state index in [4.69, 9.17) is 9.84 Å². The van der Waals surface area contributed by atoms with Gasteiger partial charge in [0.2, 0.25) is 0 Å². The molecule has 0 aromatic heterocycles. The smallest absolute Gasteiger partial charge is 0.306 e. The third kappa shape index (κ3) is 3.78. The summed E-state index contributed by atoms with van der Waals surface area (Å²) in [4.78, 5) is 11.0. The lowest BCUT2D eigenvalue weighted by Crippen LogP contribution is -2.06. The molecule has 1 N–H and O–H groups in total. The van der Waals surface area contributed by atoms with Crippen LogP contribution in [0.1, 0.15) is 55.7 Å². The molecule has 1 saturated carbocycles. The van der Waals surface area contributed by atoms with Gasteiger partial charge in [0.25, 0.3) is 0 Å². The van der Waals surface area contributed by atoms with Gasteiger partial charge in [0.05, 0.1) is 12.5 Å². The van der Waals surface area contributed by atoms with Gasteiger partial charge in [-0.25, -0.2) is 0 Å². The van der Waals surface area contributed by atoms with Crippen LogP contribution in [0.3, 0.4) is 0 Å². The minimum absolute atomic E-state index is 0.127. The molecule has 116 valence electrons. The number of hydrogen-bond acceptors (Lipinski definition) is 2. The van der Waals surface area contributed by atoms with E-state index in [1.807, 2.05) is 0 Å². The SMILES string of the molecule is CCCOc1c(C)cc(C)cc1C(C)CC1CC1C(=O)O. The van der Waals surface area contributed by atoms with Crippen LogP contribution in [-0.2, 0) is 4.79 Å². The van der Waals surface area contributed by atoms with Crippen LogP contribution in [0.4, 0.5) is 0 Å². The third-order valence-electron chi connectivity index (χ3n) is 4.33. The lowest BCUT2D eigenvalue weighted by molar-refractivity contribution is -0.138. The van der Waals surface area contributed by atoms with Crippen molar-refractivity contribution in [2.45, 2.75) is 52.9 Å². The van der Waals surface area contributed by atoms with Crippen LogP contribution in [-0.4, -0.2) is 17.7 Å². The number of carbonyl (C=O) groups is 1. The van der Waals surface area contributed by atoms with Crippen LogP contribution in [0, 0.1) is 25.7 Å². The van der Waals surface area contributed by atoms with Gasteiger partial charge in [-0.2, -0.15) is 0 Å². The van der Waals surface area contributed by atoms with E-state index in [2.05, 4.69) is 39.8 Å². The first-order valence-corrected chi connectivity index (χ1v) is 7.90. The highest BCUT2D eigenvalue weighted by Crippen LogP contribution is 2.46. The van der Waals surface area contributed by atoms with E-state index >= 15 is 0 Å². The Kier molecular flexibility index (Phi) is 4.92. The number of aryl methyl sites for hydroxylation is 2. The zero-order chi connectivity index (χ0) is 15.6. The van der Waals surface area contributed by atoms with E-state index in [9.17, 15) is 4.79 Å². The van der Waals surface area contributed by atoms with E-state index in [0.717, 1.165) is 31.6 Å². The van der Waals surface area contributed by atoms with Gasteiger partial charge in [0.15, 0.2) is 0 Å². The van der Waals surface area contributed by atoms with E-state index in [1.165, 1.54) is 16.7 Å². The Morgan fingerprint density at radius 2 is 2.14 bits per heavy atom. The van der Waals surface area contributed by atoms with Gasteiger partial charge in [-0.3, -0.25) is 4.79 Å². The van der Waals surface area contributed by atoms with Gasteiger partial charge in [0, 0.05) is 0 Å². The largest absolute Gasteiger partial charge is 0.493 e. The summed E-state index contributed by atoms with van der Waals surface area (Å²) in [5.41, 5.74) is 3.65. The lowest BCUT2D eigenvalue weighted by Gasteiger charge is -2.20. The monoisotopic (exact) mass is 290 g/mol. The fourth-order valence-electron chi connectivity index (χ4n) is 3.15. The second-order valence-corrected chi connectivity index (χ2v) is 6.43. The Morgan fingerprint density at radius 3 is 2.71 bits per heavy atom.